The molecule has 0 bridgehead atoms. The van der Waals surface area contributed by atoms with E-state index in [9.17, 15) is 0 Å². The number of nitrogens with zero attached hydrogens (tertiary/aromatic N) is 3. The second kappa shape index (κ2) is 6.55. The third-order valence-electron chi connectivity index (χ3n) is 3.63. The third-order valence-corrected chi connectivity index (χ3v) is 3.63. The highest BCUT2D eigenvalue weighted by molar-refractivity contribution is 5.59. The number of pyridine rings is 1. The molecule has 0 aromatic carbocycles. The lowest BCUT2D eigenvalue weighted by molar-refractivity contribution is 0.449. The van der Waals surface area contributed by atoms with Crippen LogP contribution in [0.25, 0.3) is 11.3 Å². The van der Waals surface area contributed by atoms with Gasteiger partial charge in [-0.15, -0.1) is 0 Å². The first kappa shape index (κ1) is 14.6. The highest BCUT2D eigenvalue weighted by Gasteiger charge is 2.11. The van der Waals surface area contributed by atoms with Gasteiger partial charge < -0.3 is 10.3 Å². The van der Waals surface area contributed by atoms with Crippen LogP contribution in [0.15, 0.2) is 30.9 Å². The van der Waals surface area contributed by atoms with Crippen molar-refractivity contribution in [1.29, 1.82) is 0 Å². The van der Waals surface area contributed by atoms with Crippen molar-refractivity contribution >= 4 is 5.82 Å². The van der Waals surface area contributed by atoms with Crippen LogP contribution >= 0.6 is 0 Å². The van der Waals surface area contributed by atoms with Gasteiger partial charge in [0.2, 0.25) is 0 Å². The minimum Gasteiger partial charge on any atom is -0.384 e. The zero-order valence-electron chi connectivity index (χ0n) is 12.6. The fraction of sp³-hybridized carbons (Fsp3) is 0.500. The molecule has 2 aromatic rings. The fourth-order valence-corrected chi connectivity index (χ4v) is 2.40. The van der Waals surface area contributed by atoms with Gasteiger partial charge in [0.1, 0.15) is 5.82 Å². The van der Waals surface area contributed by atoms with Crippen molar-refractivity contribution in [3.05, 3.63) is 30.9 Å². The molecular formula is C16H24N4. The molecule has 2 N–H and O–H groups in total. The van der Waals surface area contributed by atoms with Crippen molar-refractivity contribution in [2.24, 2.45) is 5.92 Å². The van der Waals surface area contributed by atoms with Crippen LogP contribution < -0.4 is 5.73 Å². The van der Waals surface area contributed by atoms with Crippen LogP contribution in [0.5, 0.6) is 0 Å². The quantitative estimate of drug-likeness (QED) is 0.867. The molecular weight excluding hydrogens is 248 g/mol. The highest BCUT2D eigenvalue weighted by Crippen LogP contribution is 2.25. The lowest BCUT2D eigenvalue weighted by atomic mass is 10.0. The van der Waals surface area contributed by atoms with Gasteiger partial charge in [0.15, 0.2) is 0 Å². The molecule has 0 amide bonds. The van der Waals surface area contributed by atoms with Gasteiger partial charge in [-0.05, 0) is 31.4 Å². The normalized spacial score (nSPS) is 12.8. The van der Waals surface area contributed by atoms with Crippen LogP contribution in [0.2, 0.25) is 0 Å². The Morgan fingerprint density at radius 1 is 1.15 bits per heavy atom. The third kappa shape index (κ3) is 3.59. The van der Waals surface area contributed by atoms with Crippen LogP contribution in [0, 0.1) is 5.92 Å². The summed E-state index contributed by atoms with van der Waals surface area (Å²) in [6.45, 7) is 6.79. The minimum absolute atomic E-state index is 0.448. The van der Waals surface area contributed by atoms with Crippen LogP contribution in [-0.4, -0.2) is 14.5 Å². The Hall–Kier alpha value is -1.84. The molecule has 4 heteroatoms. The molecule has 1 atom stereocenters. The monoisotopic (exact) mass is 272 g/mol. The topological polar surface area (TPSA) is 56.7 Å². The van der Waals surface area contributed by atoms with E-state index in [0.29, 0.717) is 11.9 Å². The number of hydrogen-bond donors (Lipinski definition) is 1. The van der Waals surface area contributed by atoms with Crippen molar-refractivity contribution in [2.45, 2.75) is 46.1 Å². The zero-order valence-corrected chi connectivity index (χ0v) is 12.6. The van der Waals surface area contributed by atoms with Crippen molar-refractivity contribution in [3.63, 3.8) is 0 Å². The second-order valence-corrected chi connectivity index (χ2v) is 5.83. The number of nitrogen functional groups attached to an aromatic ring is 1. The van der Waals surface area contributed by atoms with Crippen molar-refractivity contribution in [1.82, 2.24) is 14.5 Å². The van der Waals surface area contributed by atoms with E-state index >= 15 is 0 Å². The zero-order chi connectivity index (χ0) is 14.5. The summed E-state index contributed by atoms with van der Waals surface area (Å²) in [5.41, 5.74) is 7.81. The fourth-order valence-electron chi connectivity index (χ4n) is 2.40. The summed E-state index contributed by atoms with van der Waals surface area (Å²) in [4.78, 5) is 8.45. The first-order valence-corrected chi connectivity index (χ1v) is 7.31. The Kier molecular flexibility index (Phi) is 4.77. The molecule has 0 spiro atoms. The molecule has 0 aliphatic carbocycles. The van der Waals surface area contributed by atoms with E-state index in [-0.39, 0.29) is 0 Å². The van der Waals surface area contributed by atoms with Gasteiger partial charge in [-0.2, -0.15) is 0 Å². The summed E-state index contributed by atoms with van der Waals surface area (Å²) in [5.74, 6) is 1.32. The SMILES string of the molecule is CC(C)CCCC(C)n1cncc1-c1ccc(N)nc1. The first-order valence-electron chi connectivity index (χ1n) is 7.31. The average molecular weight is 272 g/mol. The molecule has 20 heavy (non-hydrogen) atoms. The van der Waals surface area contributed by atoms with Gasteiger partial charge in [0, 0.05) is 17.8 Å². The van der Waals surface area contributed by atoms with E-state index in [1.54, 1.807) is 0 Å². The van der Waals surface area contributed by atoms with Gasteiger partial charge in [0.05, 0.1) is 18.2 Å². The van der Waals surface area contributed by atoms with Gasteiger partial charge in [-0.3, -0.25) is 0 Å². The summed E-state index contributed by atoms with van der Waals surface area (Å²) in [6.07, 6.45) is 9.31. The molecule has 2 rings (SSSR count). The molecule has 2 heterocycles. The Morgan fingerprint density at radius 2 is 1.95 bits per heavy atom. The Bertz CT molecular complexity index is 528. The van der Waals surface area contributed by atoms with Crippen LogP contribution in [0.4, 0.5) is 5.82 Å². The van der Waals surface area contributed by atoms with Crippen LogP contribution in [0.3, 0.4) is 0 Å². The van der Waals surface area contributed by atoms with Gasteiger partial charge in [-0.1, -0.05) is 26.7 Å². The number of rotatable bonds is 6. The smallest absolute Gasteiger partial charge is 0.123 e. The number of imidazole rings is 1. The Labute approximate surface area is 121 Å². The lowest BCUT2D eigenvalue weighted by Gasteiger charge is -2.17. The van der Waals surface area contributed by atoms with Crippen LogP contribution in [-0.2, 0) is 0 Å². The van der Waals surface area contributed by atoms with Gasteiger partial charge in [-0.25, -0.2) is 9.97 Å². The summed E-state index contributed by atoms with van der Waals surface area (Å²) >= 11 is 0. The molecule has 0 saturated heterocycles. The van der Waals surface area contributed by atoms with E-state index < -0.39 is 0 Å². The molecule has 0 radical (unpaired) electrons. The molecule has 0 aliphatic heterocycles. The number of nitrogens with two attached hydrogens (primary N) is 1. The van der Waals surface area contributed by atoms with E-state index in [1.807, 2.05) is 30.9 Å². The van der Waals surface area contributed by atoms with E-state index in [1.165, 1.54) is 19.3 Å². The number of aromatic nitrogens is 3. The van der Waals surface area contributed by atoms with E-state index in [4.69, 9.17) is 5.73 Å². The van der Waals surface area contributed by atoms with Crippen LogP contribution in [0.1, 0.15) is 46.1 Å². The maximum Gasteiger partial charge on any atom is 0.123 e. The second-order valence-electron chi connectivity index (χ2n) is 5.83. The molecule has 108 valence electrons. The van der Waals surface area contributed by atoms with Gasteiger partial charge in [0.25, 0.3) is 0 Å². The minimum atomic E-state index is 0.448. The number of anilines is 1. The van der Waals surface area contributed by atoms with Crippen molar-refractivity contribution in [2.75, 3.05) is 5.73 Å². The van der Waals surface area contributed by atoms with E-state index in [2.05, 4.69) is 35.3 Å². The summed E-state index contributed by atoms with van der Waals surface area (Å²) in [6, 6.07) is 4.27. The highest BCUT2D eigenvalue weighted by atomic mass is 15.1. The predicted molar refractivity (Wildman–Crippen MR) is 83.3 cm³/mol. The maximum atomic E-state index is 5.64. The number of hydrogen-bond acceptors (Lipinski definition) is 3. The van der Waals surface area contributed by atoms with Gasteiger partial charge >= 0.3 is 0 Å². The first-order chi connectivity index (χ1) is 9.58. The van der Waals surface area contributed by atoms with Crippen molar-refractivity contribution < 1.29 is 0 Å². The molecule has 0 fully saturated rings. The van der Waals surface area contributed by atoms with Crippen molar-refractivity contribution in [3.8, 4) is 11.3 Å². The molecule has 1 unspecified atom stereocenters. The predicted octanol–water partition coefficient (Wildman–Crippen LogP) is 3.91. The Morgan fingerprint density at radius 3 is 2.60 bits per heavy atom. The molecule has 4 nitrogen and oxygen atoms in total. The molecule has 0 saturated carbocycles. The Balaban J connectivity index is 2.09. The van der Waals surface area contributed by atoms with E-state index in [0.717, 1.165) is 17.2 Å². The average Bonchev–Trinajstić information content (AvgIpc) is 2.88. The standard InChI is InChI=1S/C16H24N4/c1-12(2)5-4-6-13(3)20-11-18-10-15(20)14-7-8-16(17)19-9-14/h7-13H,4-6H2,1-3H3,(H2,17,19). The molecule has 0 aliphatic rings. The summed E-state index contributed by atoms with van der Waals surface area (Å²) in [5, 5.41) is 0. The maximum absolute atomic E-state index is 5.64. The summed E-state index contributed by atoms with van der Waals surface area (Å²) < 4.78 is 2.23. The lowest BCUT2D eigenvalue weighted by Crippen LogP contribution is -2.06. The summed E-state index contributed by atoms with van der Waals surface area (Å²) in [7, 11) is 0. The largest absolute Gasteiger partial charge is 0.384 e. The molecule has 2 aromatic heterocycles.